The predicted octanol–water partition coefficient (Wildman–Crippen LogP) is 2.11. The van der Waals surface area contributed by atoms with Crippen LogP contribution in [0.3, 0.4) is 0 Å². The number of benzene rings is 1. The SMILES string of the molecule is COc1cccc(CNC(=O)Cn2cccc(-c3nc(C4CC4)no3)c2=O)c1OC. The molecule has 1 N–H and O–H groups in total. The van der Waals surface area contributed by atoms with Crippen molar-refractivity contribution in [1.29, 1.82) is 0 Å². The molecule has 2 aromatic heterocycles. The van der Waals surface area contributed by atoms with Gasteiger partial charge in [-0.05, 0) is 31.0 Å². The van der Waals surface area contributed by atoms with Gasteiger partial charge in [0.2, 0.25) is 5.91 Å². The molecule has 156 valence electrons. The Labute approximate surface area is 172 Å². The Hall–Kier alpha value is -3.62. The van der Waals surface area contributed by atoms with Gasteiger partial charge in [-0.2, -0.15) is 4.98 Å². The lowest BCUT2D eigenvalue weighted by Gasteiger charge is -2.13. The summed E-state index contributed by atoms with van der Waals surface area (Å²) in [5, 5.41) is 6.75. The molecule has 1 amide bonds. The molecule has 30 heavy (non-hydrogen) atoms. The summed E-state index contributed by atoms with van der Waals surface area (Å²) in [6.45, 7) is 0.102. The Morgan fingerprint density at radius 2 is 2.07 bits per heavy atom. The average molecular weight is 410 g/mol. The number of ether oxygens (including phenoxy) is 2. The lowest BCUT2D eigenvalue weighted by Crippen LogP contribution is -2.32. The summed E-state index contributed by atoms with van der Waals surface area (Å²) in [4.78, 5) is 29.5. The highest BCUT2D eigenvalue weighted by Gasteiger charge is 2.29. The van der Waals surface area contributed by atoms with Crippen LogP contribution in [-0.2, 0) is 17.9 Å². The van der Waals surface area contributed by atoms with Crippen LogP contribution in [0.2, 0.25) is 0 Å². The first-order valence-corrected chi connectivity index (χ1v) is 9.60. The van der Waals surface area contributed by atoms with Gasteiger partial charge in [0.05, 0.1) is 14.2 Å². The van der Waals surface area contributed by atoms with Gasteiger partial charge >= 0.3 is 0 Å². The molecule has 0 spiro atoms. The molecule has 9 heteroatoms. The van der Waals surface area contributed by atoms with Gasteiger partial charge < -0.3 is 23.9 Å². The normalized spacial score (nSPS) is 13.1. The Bertz CT molecular complexity index is 1120. The lowest BCUT2D eigenvalue weighted by molar-refractivity contribution is -0.121. The molecule has 0 bridgehead atoms. The number of nitrogens with zero attached hydrogens (tertiary/aromatic N) is 3. The van der Waals surface area contributed by atoms with Crippen molar-refractivity contribution in [2.75, 3.05) is 14.2 Å². The van der Waals surface area contributed by atoms with Crippen molar-refractivity contribution in [3.8, 4) is 23.0 Å². The Morgan fingerprint density at radius 1 is 1.23 bits per heavy atom. The van der Waals surface area contributed by atoms with Crippen LogP contribution in [0.5, 0.6) is 11.5 Å². The first-order valence-electron chi connectivity index (χ1n) is 9.60. The fraction of sp³-hybridized carbons (Fsp3) is 0.333. The Kier molecular flexibility index (Phi) is 5.51. The molecule has 1 aromatic carbocycles. The van der Waals surface area contributed by atoms with Crippen molar-refractivity contribution in [2.24, 2.45) is 0 Å². The van der Waals surface area contributed by atoms with Gasteiger partial charge in [-0.1, -0.05) is 17.3 Å². The second kappa shape index (κ2) is 8.40. The van der Waals surface area contributed by atoms with E-state index in [1.54, 1.807) is 38.6 Å². The third kappa shape index (κ3) is 4.05. The van der Waals surface area contributed by atoms with Crippen LogP contribution < -0.4 is 20.3 Å². The second-order valence-electron chi connectivity index (χ2n) is 7.02. The predicted molar refractivity (Wildman–Crippen MR) is 107 cm³/mol. The molecule has 1 aliphatic carbocycles. The Morgan fingerprint density at radius 3 is 2.80 bits per heavy atom. The van der Waals surface area contributed by atoms with Gasteiger partial charge in [-0.15, -0.1) is 0 Å². The highest BCUT2D eigenvalue weighted by atomic mass is 16.5. The van der Waals surface area contributed by atoms with E-state index >= 15 is 0 Å². The standard InChI is InChI=1S/C21H22N4O5/c1-28-16-7-3-5-14(18(16)29-2)11-22-17(26)12-25-10-4-6-15(21(25)27)20-23-19(24-30-20)13-8-9-13/h3-7,10,13H,8-9,11-12H2,1-2H3,(H,22,26). The molecule has 2 heterocycles. The van der Waals surface area contributed by atoms with E-state index in [4.69, 9.17) is 14.0 Å². The van der Waals surface area contributed by atoms with Crippen LogP contribution in [0.4, 0.5) is 0 Å². The van der Waals surface area contributed by atoms with Crippen LogP contribution in [0.25, 0.3) is 11.5 Å². The maximum absolute atomic E-state index is 12.8. The highest BCUT2D eigenvalue weighted by Crippen LogP contribution is 2.38. The van der Waals surface area contributed by atoms with Gasteiger partial charge in [0.1, 0.15) is 12.1 Å². The molecule has 1 aliphatic rings. The third-order valence-corrected chi connectivity index (χ3v) is 4.91. The minimum Gasteiger partial charge on any atom is -0.493 e. The van der Waals surface area contributed by atoms with Crippen molar-refractivity contribution in [2.45, 2.75) is 31.8 Å². The largest absolute Gasteiger partial charge is 0.493 e. The third-order valence-electron chi connectivity index (χ3n) is 4.91. The average Bonchev–Trinajstić information content (AvgIpc) is 3.50. The zero-order chi connectivity index (χ0) is 21.1. The summed E-state index contributed by atoms with van der Waals surface area (Å²) < 4.78 is 17.2. The molecular formula is C21H22N4O5. The minimum atomic E-state index is -0.363. The summed E-state index contributed by atoms with van der Waals surface area (Å²) in [7, 11) is 3.09. The quantitative estimate of drug-likeness (QED) is 0.606. The van der Waals surface area contributed by atoms with E-state index in [-0.39, 0.29) is 36.0 Å². The highest BCUT2D eigenvalue weighted by molar-refractivity contribution is 5.76. The summed E-state index contributed by atoms with van der Waals surface area (Å²) in [6.07, 6.45) is 3.63. The van der Waals surface area contributed by atoms with E-state index in [1.807, 2.05) is 12.1 Å². The number of amides is 1. The molecule has 0 saturated heterocycles. The maximum atomic E-state index is 12.8. The molecule has 1 saturated carbocycles. The zero-order valence-corrected chi connectivity index (χ0v) is 16.8. The molecular weight excluding hydrogens is 388 g/mol. The number of para-hydroxylation sites is 1. The van der Waals surface area contributed by atoms with E-state index in [9.17, 15) is 9.59 Å². The number of nitrogens with one attached hydrogen (secondary N) is 1. The van der Waals surface area contributed by atoms with Gasteiger partial charge in [0.25, 0.3) is 11.4 Å². The molecule has 0 unspecified atom stereocenters. The second-order valence-corrected chi connectivity index (χ2v) is 7.02. The minimum absolute atomic E-state index is 0.136. The Balaban J connectivity index is 1.45. The fourth-order valence-electron chi connectivity index (χ4n) is 3.17. The van der Waals surface area contributed by atoms with Gasteiger partial charge in [-0.3, -0.25) is 9.59 Å². The number of aromatic nitrogens is 3. The van der Waals surface area contributed by atoms with Gasteiger partial charge in [-0.25, -0.2) is 0 Å². The zero-order valence-electron chi connectivity index (χ0n) is 16.8. The summed E-state index contributed by atoms with van der Waals surface area (Å²) in [5.74, 6) is 1.96. The smallest absolute Gasteiger partial charge is 0.263 e. The molecule has 0 atom stereocenters. The number of pyridine rings is 1. The number of hydrogen-bond acceptors (Lipinski definition) is 7. The molecule has 0 radical (unpaired) electrons. The van der Waals surface area contributed by atoms with Crippen molar-refractivity contribution in [1.82, 2.24) is 20.0 Å². The lowest BCUT2D eigenvalue weighted by atomic mass is 10.2. The summed E-state index contributed by atoms with van der Waals surface area (Å²) >= 11 is 0. The number of carbonyl (C=O) groups is 1. The van der Waals surface area contributed by atoms with E-state index in [0.717, 1.165) is 18.4 Å². The maximum Gasteiger partial charge on any atom is 0.263 e. The van der Waals surface area contributed by atoms with Crippen LogP contribution in [0.15, 0.2) is 45.8 Å². The number of rotatable bonds is 8. The summed E-state index contributed by atoms with van der Waals surface area (Å²) in [5.41, 5.74) is 0.682. The van der Waals surface area contributed by atoms with E-state index < -0.39 is 0 Å². The molecule has 4 rings (SSSR count). The topological polar surface area (TPSA) is 108 Å². The van der Waals surface area contributed by atoms with Gasteiger partial charge in [0, 0.05) is 24.2 Å². The van der Waals surface area contributed by atoms with Crippen molar-refractivity contribution < 1.29 is 18.8 Å². The fourth-order valence-corrected chi connectivity index (χ4v) is 3.17. The van der Waals surface area contributed by atoms with E-state index in [1.165, 1.54) is 4.57 Å². The number of hydrogen-bond donors (Lipinski definition) is 1. The van der Waals surface area contributed by atoms with E-state index in [0.29, 0.717) is 23.2 Å². The van der Waals surface area contributed by atoms with Crippen molar-refractivity contribution >= 4 is 5.91 Å². The van der Waals surface area contributed by atoms with Crippen molar-refractivity contribution in [3.63, 3.8) is 0 Å². The summed E-state index contributed by atoms with van der Waals surface area (Å²) in [6, 6.07) is 8.72. The number of carbonyl (C=O) groups excluding carboxylic acids is 1. The van der Waals surface area contributed by atoms with Crippen molar-refractivity contribution in [3.05, 3.63) is 58.3 Å². The van der Waals surface area contributed by atoms with Crippen LogP contribution in [0.1, 0.15) is 30.1 Å². The van der Waals surface area contributed by atoms with Gasteiger partial charge in [0.15, 0.2) is 17.3 Å². The van der Waals surface area contributed by atoms with E-state index in [2.05, 4.69) is 15.5 Å². The molecule has 9 nitrogen and oxygen atoms in total. The monoisotopic (exact) mass is 410 g/mol. The first kappa shape index (κ1) is 19.7. The van der Waals surface area contributed by atoms with Crippen LogP contribution >= 0.6 is 0 Å². The van der Waals surface area contributed by atoms with Crippen LogP contribution in [-0.4, -0.2) is 34.8 Å². The number of methoxy groups -OCH3 is 2. The molecule has 0 aliphatic heterocycles. The van der Waals surface area contributed by atoms with Crippen LogP contribution in [0, 0.1) is 0 Å². The molecule has 3 aromatic rings. The first-order chi connectivity index (χ1) is 14.6. The molecule has 1 fully saturated rings.